The second-order valence-corrected chi connectivity index (χ2v) is 5.46. The minimum absolute atomic E-state index is 0.317. The summed E-state index contributed by atoms with van der Waals surface area (Å²) in [5, 5.41) is 4.45. The number of aryl methyl sites for hydroxylation is 2. The molecule has 0 saturated heterocycles. The van der Waals surface area contributed by atoms with Crippen molar-refractivity contribution in [3.8, 4) is 0 Å². The smallest absolute Gasteiger partial charge is 0.0900 e. The number of aromatic nitrogens is 2. The predicted molar refractivity (Wildman–Crippen MR) is 70.7 cm³/mol. The maximum absolute atomic E-state index is 5.93. The van der Waals surface area contributed by atoms with Crippen molar-refractivity contribution in [2.75, 3.05) is 0 Å². The minimum Gasteiger partial charge on any atom is -0.372 e. The van der Waals surface area contributed by atoms with Crippen molar-refractivity contribution in [1.29, 1.82) is 0 Å². The molecular weight excluding hydrogens is 282 g/mol. The molecule has 5 heteroatoms. The third-order valence-corrected chi connectivity index (χ3v) is 4.37. The Bertz CT molecular complexity index is 391. The Kier molecular flexibility index (Phi) is 4.22. The Morgan fingerprint density at radius 1 is 1.53 bits per heavy atom. The second-order valence-electron chi connectivity index (χ2n) is 4.67. The van der Waals surface area contributed by atoms with Crippen LogP contribution < -0.4 is 5.73 Å². The highest BCUT2D eigenvalue weighted by Gasteiger charge is 2.23. The third-order valence-electron chi connectivity index (χ3n) is 3.33. The average molecular weight is 302 g/mol. The topological polar surface area (TPSA) is 53.1 Å². The molecule has 2 unspecified atom stereocenters. The fourth-order valence-corrected chi connectivity index (χ4v) is 2.73. The largest absolute Gasteiger partial charge is 0.372 e. The molecule has 1 fully saturated rings. The summed E-state index contributed by atoms with van der Waals surface area (Å²) in [6.07, 6.45) is 3.46. The lowest BCUT2D eigenvalue weighted by Gasteiger charge is -2.12. The molecule has 0 spiro atoms. The van der Waals surface area contributed by atoms with Crippen molar-refractivity contribution in [2.24, 2.45) is 5.73 Å². The summed E-state index contributed by atoms with van der Waals surface area (Å²) in [5.41, 5.74) is 8.03. The molecule has 2 rings (SSSR count). The monoisotopic (exact) mass is 301 g/mol. The van der Waals surface area contributed by atoms with Crippen LogP contribution in [0.5, 0.6) is 0 Å². The molecule has 2 atom stereocenters. The number of ether oxygens (including phenoxy) is 1. The van der Waals surface area contributed by atoms with E-state index in [0.717, 1.165) is 41.7 Å². The van der Waals surface area contributed by atoms with Crippen LogP contribution in [0.15, 0.2) is 4.47 Å². The first-order valence-electron chi connectivity index (χ1n) is 6.20. The molecule has 0 amide bonds. The van der Waals surface area contributed by atoms with Gasteiger partial charge in [-0.1, -0.05) is 0 Å². The van der Waals surface area contributed by atoms with Gasteiger partial charge in [0.2, 0.25) is 0 Å². The summed E-state index contributed by atoms with van der Waals surface area (Å²) in [6, 6.07) is 0.321. The van der Waals surface area contributed by atoms with Crippen molar-refractivity contribution in [1.82, 2.24) is 9.78 Å². The molecule has 0 aliphatic heterocycles. The van der Waals surface area contributed by atoms with E-state index >= 15 is 0 Å². The number of hydrogen-bond donors (Lipinski definition) is 1. The number of hydrogen-bond acceptors (Lipinski definition) is 3. The Labute approximate surface area is 111 Å². The van der Waals surface area contributed by atoms with Gasteiger partial charge < -0.3 is 10.5 Å². The Hall–Kier alpha value is -0.390. The van der Waals surface area contributed by atoms with Crippen LogP contribution in [0.3, 0.4) is 0 Å². The molecule has 0 bridgehead atoms. The van der Waals surface area contributed by atoms with Crippen LogP contribution in [0, 0.1) is 6.92 Å². The molecule has 1 aromatic rings. The van der Waals surface area contributed by atoms with E-state index in [9.17, 15) is 0 Å². The number of nitrogens with two attached hydrogens (primary N) is 1. The highest BCUT2D eigenvalue weighted by atomic mass is 79.9. The molecule has 1 saturated carbocycles. The zero-order chi connectivity index (χ0) is 12.4. The predicted octanol–water partition coefficient (Wildman–Crippen LogP) is 2.37. The molecule has 1 aromatic heterocycles. The molecule has 1 aliphatic rings. The minimum atomic E-state index is 0.317. The average Bonchev–Trinajstić information content (AvgIpc) is 2.83. The maximum Gasteiger partial charge on any atom is 0.0900 e. The van der Waals surface area contributed by atoms with E-state index in [1.54, 1.807) is 0 Å². The number of halogens is 1. The van der Waals surface area contributed by atoms with Gasteiger partial charge in [-0.2, -0.15) is 5.10 Å². The fourth-order valence-electron chi connectivity index (χ4n) is 2.33. The van der Waals surface area contributed by atoms with Gasteiger partial charge in [-0.25, -0.2) is 0 Å². The van der Waals surface area contributed by atoms with Gasteiger partial charge in [0.25, 0.3) is 0 Å². The van der Waals surface area contributed by atoms with Crippen LogP contribution in [-0.4, -0.2) is 21.9 Å². The van der Waals surface area contributed by atoms with Gasteiger partial charge in [-0.05, 0) is 49.0 Å². The normalized spacial score (nSPS) is 24.5. The molecule has 0 radical (unpaired) electrons. The van der Waals surface area contributed by atoms with E-state index in [2.05, 4.69) is 28.0 Å². The zero-order valence-electron chi connectivity index (χ0n) is 10.4. The highest BCUT2D eigenvalue weighted by molar-refractivity contribution is 9.10. The van der Waals surface area contributed by atoms with E-state index in [-0.39, 0.29) is 0 Å². The molecule has 96 valence electrons. The first kappa shape index (κ1) is 13.1. The number of rotatable bonds is 4. The van der Waals surface area contributed by atoms with Crippen LogP contribution in [-0.2, 0) is 17.9 Å². The quantitative estimate of drug-likeness (QED) is 0.929. The van der Waals surface area contributed by atoms with Gasteiger partial charge in [-0.3, -0.25) is 4.68 Å². The summed E-state index contributed by atoms with van der Waals surface area (Å²) in [7, 11) is 0. The molecule has 1 aliphatic carbocycles. The Morgan fingerprint density at radius 3 is 2.88 bits per heavy atom. The molecule has 2 N–H and O–H groups in total. The Morgan fingerprint density at radius 2 is 2.29 bits per heavy atom. The van der Waals surface area contributed by atoms with Crippen molar-refractivity contribution in [2.45, 2.75) is 58.4 Å². The summed E-state index contributed by atoms with van der Waals surface area (Å²) in [4.78, 5) is 0. The SMILES string of the molecule is CCn1nc(C)c(Br)c1COC1CCC(N)C1. The molecule has 1 heterocycles. The molecule has 0 aromatic carbocycles. The Balaban J connectivity index is 1.98. The van der Waals surface area contributed by atoms with Gasteiger partial charge in [0.15, 0.2) is 0 Å². The first-order valence-corrected chi connectivity index (χ1v) is 7.00. The highest BCUT2D eigenvalue weighted by Crippen LogP contribution is 2.25. The molecule has 4 nitrogen and oxygen atoms in total. The van der Waals surface area contributed by atoms with E-state index in [0.29, 0.717) is 18.8 Å². The standard InChI is InChI=1S/C12H20BrN3O/c1-3-16-11(12(13)8(2)15-16)7-17-10-5-4-9(14)6-10/h9-10H,3-7,14H2,1-2H3. The van der Waals surface area contributed by atoms with Crippen LogP contribution in [0.1, 0.15) is 37.6 Å². The lowest BCUT2D eigenvalue weighted by Crippen LogP contribution is -2.18. The van der Waals surface area contributed by atoms with E-state index < -0.39 is 0 Å². The summed E-state index contributed by atoms with van der Waals surface area (Å²) < 4.78 is 8.99. The first-order chi connectivity index (χ1) is 8.11. The van der Waals surface area contributed by atoms with E-state index in [1.165, 1.54) is 0 Å². The van der Waals surface area contributed by atoms with Crippen LogP contribution in [0.25, 0.3) is 0 Å². The molecular formula is C12H20BrN3O. The van der Waals surface area contributed by atoms with Gasteiger partial charge in [0, 0.05) is 12.6 Å². The van der Waals surface area contributed by atoms with Crippen LogP contribution in [0.2, 0.25) is 0 Å². The van der Waals surface area contributed by atoms with Gasteiger partial charge in [0.05, 0.1) is 28.6 Å². The lowest BCUT2D eigenvalue weighted by molar-refractivity contribution is 0.0405. The fraction of sp³-hybridized carbons (Fsp3) is 0.750. The summed E-state index contributed by atoms with van der Waals surface area (Å²) >= 11 is 3.58. The van der Waals surface area contributed by atoms with Gasteiger partial charge in [0.1, 0.15) is 0 Å². The lowest BCUT2D eigenvalue weighted by atomic mass is 10.3. The van der Waals surface area contributed by atoms with Crippen LogP contribution in [0.4, 0.5) is 0 Å². The van der Waals surface area contributed by atoms with Crippen molar-refractivity contribution < 1.29 is 4.74 Å². The van der Waals surface area contributed by atoms with Crippen molar-refractivity contribution >= 4 is 15.9 Å². The van der Waals surface area contributed by atoms with Gasteiger partial charge in [-0.15, -0.1) is 0 Å². The zero-order valence-corrected chi connectivity index (χ0v) is 12.0. The van der Waals surface area contributed by atoms with E-state index in [4.69, 9.17) is 10.5 Å². The summed E-state index contributed by atoms with van der Waals surface area (Å²) in [5.74, 6) is 0. The van der Waals surface area contributed by atoms with Crippen molar-refractivity contribution in [3.63, 3.8) is 0 Å². The van der Waals surface area contributed by atoms with Crippen molar-refractivity contribution in [3.05, 3.63) is 15.9 Å². The van der Waals surface area contributed by atoms with E-state index in [1.807, 2.05) is 11.6 Å². The van der Waals surface area contributed by atoms with Crippen LogP contribution >= 0.6 is 15.9 Å². The maximum atomic E-state index is 5.93. The number of nitrogens with zero attached hydrogens (tertiary/aromatic N) is 2. The van der Waals surface area contributed by atoms with Gasteiger partial charge >= 0.3 is 0 Å². The second kappa shape index (κ2) is 5.50. The third kappa shape index (κ3) is 2.89. The summed E-state index contributed by atoms with van der Waals surface area (Å²) in [6.45, 7) is 5.58. The molecule has 17 heavy (non-hydrogen) atoms.